The monoisotopic (exact) mass is 501 g/mol. The van der Waals surface area contributed by atoms with Gasteiger partial charge in [0.25, 0.3) is 5.91 Å². The predicted molar refractivity (Wildman–Crippen MR) is 119 cm³/mol. The Labute approximate surface area is 199 Å². The molecule has 2 heterocycles. The quantitative estimate of drug-likeness (QED) is 0.303. The fourth-order valence-corrected chi connectivity index (χ4v) is 2.71. The molecule has 0 radical (unpaired) electrons. The third-order valence-corrected chi connectivity index (χ3v) is 4.91. The van der Waals surface area contributed by atoms with Gasteiger partial charge < -0.3 is 25.3 Å². The summed E-state index contributed by atoms with van der Waals surface area (Å²) in [5.74, 6) is -1.72. The maximum atomic E-state index is 13.3. The van der Waals surface area contributed by atoms with Crippen molar-refractivity contribution < 1.29 is 36.6 Å². The summed E-state index contributed by atoms with van der Waals surface area (Å²) in [7, 11) is 1.52. The summed E-state index contributed by atoms with van der Waals surface area (Å²) in [5.41, 5.74) is 3.37. The Morgan fingerprint density at radius 2 is 2.00 bits per heavy atom. The van der Waals surface area contributed by atoms with E-state index in [4.69, 9.17) is 19.9 Å². The number of amidine groups is 1. The third-order valence-electron chi connectivity index (χ3n) is 4.91. The SMILES string of the molecule is COCCOc1cnc(C(=O)NC(=C/C=C(\C)F)/C=C(\C)[C@@H]2CO[C@@](C)(C(F)(F)F)C(N)=N2)cn1. The third kappa shape index (κ3) is 7.59. The second-order valence-corrected chi connectivity index (χ2v) is 7.67. The van der Waals surface area contributed by atoms with Crippen LogP contribution in [0.4, 0.5) is 17.6 Å². The van der Waals surface area contributed by atoms with Crippen molar-refractivity contribution in [3.05, 3.63) is 53.4 Å². The molecular weight excluding hydrogens is 474 g/mol. The highest BCUT2D eigenvalue weighted by Crippen LogP contribution is 2.36. The fourth-order valence-electron chi connectivity index (χ4n) is 2.71. The number of nitrogens with zero attached hydrogens (tertiary/aromatic N) is 3. The number of aliphatic imine (C=N–C) groups is 1. The topological polar surface area (TPSA) is 121 Å². The first-order valence-electron chi connectivity index (χ1n) is 10.4. The molecule has 2 atom stereocenters. The Hall–Kier alpha value is -3.32. The molecule has 2 rings (SSSR count). The van der Waals surface area contributed by atoms with Gasteiger partial charge in [0.05, 0.1) is 37.5 Å². The smallest absolute Gasteiger partial charge is 0.424 e. The number of halogens is 4. The van der Waals surface area contributed by atoms with E-state index in [9.17, 15) is 22.4 Å². The van der Waals surface area contributed by atoms with Gasteiger partial charge >= 0.3 is 6.18 Å². The maximum Gasteiger partial charge on any atom is 0.424 e. The normalized spacial score (nSPS) is 22.0. The molecule has 1 amide bonds. The van der Waals surface area contributed by atoms with Crippen molar-refractivity contribution in [3.63, 3.8) is 0 Å². The summed E-state index contributed by atoms with van der Waals surface area (Å²) in [4.78, 5) is 24.5. The Balaban J connectivity index is 2.21. The molecule has 0 aliphatic carbocycles. The van der Waals surface area contributed by atoms with Crippen molar-refractivity contribution in [3.8, 4) is 5.88 Å². The van der Waals surface area contributed by atoms with Crippen LogP contribution in [0.3, 0.4) is 0 Å². The lowest BCUT2D eigenvalue weighted by Gasteiger charge is -2.36. The van der Waals surface area contributed by atoms with Crippen molar-refractivity contribution in [2.24, 2.45) is 10.7 Å². The number of nitrogens with one attached hydrogen (secondary N) is 1. The predicted octanol–water partition coefficient (Wildman–Crippen LogP) is 3.01. The fraction of sp³-hybridized carbons (Fsp3) is 0.455. The summed E-state index contributed by atoms with van der Waals surface area (Å²) in [6, 6.07) is -0.843. The zero-order valence-corrected chi connectivity index (χ0v) is 19.6. The Morgan fingerprint density at radius 3 is 2.54 bits per heavy atom. The number of methoxy groups -OCH3 is 1. The van der Waals surface area contributed by atoms with Gasteiger partial charge in [0, 0.05) is 12.8 Å². The van der Waals surface area contributed by atoms with E-state index in [1.165, 1.54) is 38.6 Å². The first-order valence-corrected chi connectivity index (χ1v) is 10.4. The average molecular weight is 501 g/mol. The van der Waals surface area contributed by atoms with E-state index >= 15 is 0 Å². The van der Waals surface area contributed by atoms with Crippen LogP contribution in [0.25, 0.3) is 0 Å². The van der Waals surface area contributed by atoms with E-state index in [2.05, 4.69) is 20.3 Å². The van der Waals surface area contributed by atoms with Gasteiger partial charge in [0.2, 0.25) is 11.5 Å². The van der Waals surface area contributed by atoms with Crippen molar-refractivity contribution in [1.29, 1.82) is 0 Å². The van der Waals surface area contributed by atoms with Crippen LogP contribution in [0.2, 0.25) is 0 Å². The molecule has 1 aliphatic heterocycles. The number of aromatic nitrogens is 2. The number of amides is 1. The van der Waals surface area contributed by atoms with Crippen molar-refractivity contribution in [2.45, 2.75) is 38.6 Å². The van der Waals surface area contributed by atoms with Crippen molar-refractivity contribution in [2.75, 3.05) is 26.9 Å². The summed E-state index contributed by atoms with van der Waals surface area (Å²) in [5, 5.41) is 2.55. The van der Waals surface area contributed by atoms with Crippen molar-refractivity contribution >= 4 is 11.7 Å². The average Bonchev–Trinajstić information content (AvgIpc) is 2.79. The summed E-state index contributed by atoms with van der Waals surface area (Å²) < 4.78 is 68.3. The molecule has 0 bridgehead atoms. The van der Waals surface area contributed by atoms with Crippen LogP contribution in [0.15, 0.2) is 52.7 Å². The summed E-state index contributed by atoms with van der Waals surface area (Å²) in [6.45, 7) is 3.78. The number of ether oxygens (including phenoxy) is 3. The summed E-state index contributed by atoms with van der Waals surface area (Å²) >= 11 is 0. The summed E-state index contributed by atoms with van der Waals surface area (Å²) in [6.07, 6.45) is 1.52. The number of allylic oxidation sites excluding steroid dienone is 4. The Bertz CT molecular complexity index is 1020. The van der Waals surface area contributed by atoms with Crippen LogP contribution < -0.4 is 15.8 Å². The van der Waals surface area contributed by atoms with Gasteiger partial charge in [0.15, 0.2) is 0 Å². The minimum Gasteiger partial charge on any atom is -0.474 e. The van der Waals surface area contributed by atoms with Crippen LogP contribution in [0.5, 0.6) is 5.88 Å². The lowest BCUT2D eigenvalue weighted by molar-refractivity contribution is -0.245. The number of nitrogens with two attached hydrogens (primary N) is 1. The van der Waals surface area contributed by atoms with Crippen LogP contribution in [-0.4, -0.2) is 66.5 Å². The molecule has 1 aromatic rings. The molecule has 1 aliphatic rings. The molecule has 0 spiro atoms. The Kier molecular flexibility index (Phi) is 9.48. The van der Waals surface area contributed by atoms with E-state index in [0.717, 1.165) is 13.0 Å². The maximum absolute atomic E-state index is 13.3. The van der Waals surface area contributed by atoms with E-state index in [-0.39, 0.29) is 23.9 Å². The van der Waals surface area contributed by atoms with Crippen LogP contribution in [0.1, 0.15) is 31.3 Å². The second-order valence-electron chi connectivity index (χ2n) is 7.67. The van der Waals surface area contributed by atoms with Gasteiger partial charge in [-0.3, -0.25) is 9.79 Å². The lowest BCUT2D eigenvalue weighted by atomic mass is 10.0. The van der Waals surface area contributed by atoms with Crippen LogP contribution >= 0.6 is 0 Å². The minimum absolute atomic E-state index is 0.0498. The van der Waals surface area contributed by atoms with Gasteiger partial charge in [-0.15, -0.1) is 0 Å². The molecule has 0 aromatic carbocycles. The number of carbonyl (C=O) groups is 1. The number of alkyl halides is 3. The number of rotatable bonds is 9. The lowest BCUT2D eigenvalue weighted by Crippen LogP contribution is -2.58. The highest BCUT2D eigenvalue weighted by atomic mass is 19.4. The van der Waals surface area contributed by atoms with Crippen molar-refractivity contribution in [1.82, 2.24) is 15.3 Å². The van der Waals surface area contributed by atoms with Crippen LogP contribution in [-0.2, 0) is 9.47 Å². The highest BCUT2D eigenvalue weighted by Gasteiger charge is 2.57. The molecule has 0 unspecified atom stereocenters. The molecule has 0 saturated carbocycles. The number of carbonyl (C=O) groups excluding carboxylic acids is 1. The van der Waals surface area contributed by atoms with E-state index in [1.54, 1.807) is 6.92 Å². The van der Waals surface area contributed by atoms with Crippen LogP contribution in [0, 0.1) is 0 Å². The van der Waals surface area contributed by atoms with E-state index < -0.39 is 42.0 Å². The van der Waals surface area contributed by atoms with Gasteiger partial charge in [-0.1, -0.05) is 0 Å². The first-order chi connectivity index (χ1) is 16.4. The highest BCUT2D eigenvalue weighted by molar-refractivity contribution is 5.93. The molecule has 0 saturated heterocycles. The van der Waals surface area contributed by atoms with Gasteiger partial charge in [-0.2, -0.15) is 13.2 Å². The number of hydrogen-bond donors (Lipinski definition) is 2. The second kappa shape index (κ2) is 11.9. The zero-order valence-electron chi connectivity index (χ0n) is 19.6. The van der Waals surface area contributed by atoms with E-state index in [1.807, 2.05) is 0 Å². The molecule has 192 valence electrons. The number of hydrogen-bond acceptors (Lipinski definition) is 8. The first kappa shape index (κ1) is 27.9. The van der Waals surface area contributed by atoms with Gasteiger partial charge in [-0.25, -0.2) is 14.4 Å². The molecule has 0 fully saturated rings. The largest absolute Gasteiger partial charge is 0.474 e. The molecule has 9 nitrogen and oxygen atoms in total. The molecule has 1 aromatic heterocycles. The standard InChI is InChI=1S/C22H27F4N5O4/c1-13(17-12-35-21(3,20(27)31-17)22(24,25)26)9-15(6-5-14(2)23)30-19(32)16-10-29-18(11-28-16)34-8-7-33-4/h5-6,9-11,17H,7-8,12H2,1-4H3,(H2,27,31)(H,30,32)/b13-9+,14-5+,15-6+/t17-,21+/m0/s1. The molecule has 3 N–H and O–H groups in total. The minimum atomic E-state index is -4.74. The molecular formula is C22H27F4N5O4. The Morgan fingerprint density at radius 1 is 1.29 bits per heavy atom. The van der Waals surface area contributed by atoms with Gasteiger partial charge in [0.1, 0.15) is 18.1 Å². The molecule has 13 heteroatoms. The zero-order chi connectivity index (χ0) is 26.2. The van der Waals surface area contributed by atoms with Gasteiger partial charge in [-0.05, 0) is 44.6 Å². The molecule has 35 heavy (non-hydrogen) atoms. The van der Waals surface area contributed by atoms with E-state index in [0.29, 0.717) is 12.2 Å².